The number of nitrogens with one attached hydrogen (secondary N) is 3. The molecule has 1 fully saturated rings. The first-order valence-corrected chi connectivity index (χ1v) is 9.02. The van der Waals surface area contributed by atoms with Crippen molar-refractivity contribution in [3.63, 3.8) is 0 Å². The molecule has 0 radical (unpaired) electrons. The van der Waals surface area contributed by atoms with Crippen LogP contribution in [-0.2, 0) is 4.74 Å². The van der Waals surface area contributed by atoms with Crippen molar-refractivity contribution in [1.82, 2.24) is 15.3 Å². The van der Waals surface area contributed by atoms with Crippen LogP contribution in [0, 0.1) is 16.6 Å². The Labute approximate surface area is 151 Å². The highest BCUT2D eigenvalue weighted by Crippen LogP contribution is 2.25. The maximum atomic E-state index is 12.5. The molecule has 1 aromatic heterocycles. The molecule has 2 heterocycles. The molecule has 25 heavy (non-hydrogen) atoms. The summed E-state index contributed by atoms with van der Waals surface area (Å²) < 4.78 is 6.11. The molecule has 134 valence electrons. The Morgan fingerprint density at radius 3 is 2.96 bits per heavy atom. The van der Waals surface area contributed by atoms with Gasteiger partial charge in [-0.2, -0.15) is 0 Å². The highest BCUT2D eigenvalue weighted by atomic mass is 32.1. The summed E-state index contributed by atoms with van der Waals surface area (Å²) in [7, 11) is 0. The van der Waals surface area contributed by atoms with E-state index in [-0.39, 0.29) is 22.3 Å². The van der Waals surface area contributed by atoms with Gasteiger partial charge < -0.3 is 15.0 Å². The average molecular weight is 361 g/mol. The monoisotopic (exact) mass is 361 g/mol. The van der Waals surface area contributed by atoms with E-state index < -0.39 is 0 Å². The number of rotatable bonds is 4. The second-order valence-electron chi connectivity index (χ2n) is 6.86. The van der Waals surface area contributed by atoms with E-state index >= 15 is 0 Å². The first-order valence-electron chi connectivity index (χ1n) is 8.62. The number of aromatic nitrogens is 2. The average Bonchev–Trinajstić information content (AvgIpc) is 2.59. The summed E-state index contributed by atoms with van der Waals surface area (Å²) in [5.74, 6) is 0.594. The van der Waals surface area contributed by atoms with Gasteiger partial charge in [0, 0.05) is 24.6 Å². The molecular weight excluding hydrogens is 338 g/mol. The minimum absolute atomic E-state index is 0.158. The zero-order valence-electron chi connectivity index (χ0n) is 14.4. The van der Waals surface area contributed by atoms with E-state index in [4.69, 9.17) is 17.0 Å². The highest BCUT2D eigenvalue weighted by Gasteiger charge is 2.28. The Hall–Kier alpha value is -1.99. The summed E-state index contributed by atoms with van der Waals surface area (Å²) >= 11 is 4.98. The number of H-pyrrole nitrogens is 2. The number of fused-ring (bicyclic) bond motifs is 1. The van der Waals surface area contributed by atoms with Gasteiger partial charge in [-0.1, -0.05) is 13.8 Å². The molecule has 1 aliphatic rings. The van der Waals surface area contributed by atoms with E-state index in [0.717, 1.165) is 19.4 Å². The van der Waals surface area contributed by atoms with Crippen molar-refractivity contribution in [2.24, 2.45) is 11.8 Å². The standard InChI is InChI=1S/C18H23N3O3S/c1-10(2)15-12(4-3-7-24-15)9-19-16(22)11-5-6-13-14(8-11)20-18(25)21-17(13)23/h5-6,8,10,12,15H,3-4,7,9H2,1-2H3,(H,19,22)(H2,20,21,23,25). The Morgan fingerprint density at radius 1 is 1.40 bits per heavy atom. The van der Waals surface area contributed by atoms with E-state index in [9.17, 15) is 9.59 Å². The van der Waals surface area contributed by atoms with Crippen LogP contribution in [0.2, 0.25) is 0 Å². The Kier molecular flexibility index (Phi) is 5.34. The van der Waals surface area contributed by atoms with Crippen molar-refractivity contribution in [1.29, 1.82) is 0 Å². The first-order chi connectivity index (χ1) is 12.0. The fourth-order valence-electron chi connectivity index (χ4n) is 3.46. The van der Waals surface area contributed by atoms with Crippen molar-refractivity contribution in [3.05, 3.63) is 38.9 Å². The zero-order chi connectivity index (χ0) is 18.0. The SMILES string of the molecule is CC(C)C1OCCCC1CNC(=O)c1ccc2c(=O)[nH]c(=S)[nH]c2c1. The lowest BCUT2D eigenvalue weighted by Crippen LogP contribution is -2.41. The molecule has 2 unspecified atom stereocenters. The molecule has 1 aliphatic heterocycles. The number of ether oxygens (including phenoxy) is 1. The van der Waals surface area contributed by atoms with Gasteiger partial charge in [0.1, 0.15) is 0 Å². The lowest BCUT2D eigenvalue weighted by Gasteiger charge is -2.34. The molecule has 2 atom stereocenters. The van der Waals surface area contributed by atoms with Crippen molar-refractivity contribution in [2.45, 2.75) is 32.8 Å². The van der Waals surface area contributed by atoms with Crippen molar-refractivity contribution >= 4 is 29.0 Å². The van der Waals surface area contributed by atoms with E-state index in [0.29, 0.717) is 34.8 Å². The maximum absolute atomic E-state index is 12.5. The molecule has 0 spiro atoms. The largest absolute Gasteiger partial charge is 0.378 e. The van der Waals surface area contributed by atoms with E-state index in [2.05, 4.69) is 29.1 Å². The summed E-state index contributed by atoms with van der Waals surface area (Å²) in [6, 6.07) is 4.95. The van der Waals surface area contributed by atoms with Crippen LogP contribution >= 0.6 is 12.2 Å². The van der Waals surface area contributed by atoms with Gasteiger partial charge >= 0.3 is 0 Å². The van der Waals surface area contributed by atoms with Gasteiger partial charge in [-0.15, -0.1) is 0 Å². The second-order valence-corrected chi connectivity index (χ2v) is 7.27. The summed E-state index contributed by atoms with van der Waals surface area (Å²) in [4.78, 5) is 29.8. The third kappa shape index (κ3) is 3.99. The molecular formula is C18H23N3O3S. The third-order valence-corrected chi connectivity index (χ3v) is 4.88. The van der Waals surface area contributed by atoms with Gasteiger partial charge in [0.05, 0.1) is 17.0 Å². The molecule has 6 nitrogen and oxygen atoms in total. The predicted molar refractivity (Wildman–Crippen MR) is 99.4 cm³/mol. The molecule has 7 heteroatoms. The maximum Gasteiger partial charge on any atom is 0.259 e. The van der Waals surface area contributed by atoms with Crippen LogP contribution in [0.5, 0.6) is 0 Å². The van der Waals surface area contributed by atoms with Gasteiger partial charge in [0.2, 0.25) is 0 Å². The van der Waals surface area contributed by atoms with Crippen LogP contribution in [0.4, 0.5) is 0 Å². The van der Waals surface area contributed by atoms with Crippen LogP contribution in [0.1, 0.15) is 37.0 Å². The van der Waals surface area contributed by atoms with Crippen LogP contribution in [-0.4, -0.2) is 35.1 Å². The topological polar surface area (TPSA) is 87.0 Å². The predicted octanol–water partition coefficient (Wildman–Crippen LogP) is 2.77. The van der Waals surface area contributed by atoms with Crippen LogP contribution < -0.4 is 10.9 Å². The molecule has 1 aromatic carbocycles. The molecule has 1 amide bonds. The minimum atomic E-state index is -0.259. The van der Waals surface area contributed by atoms with Gasteiger partial charge in [-0.25, -0.2) is 0 Å². The Morgan fingerprint density at radius 2 is 2.20 bits per heavy atom. The number of aromatic amines is 2. The van der Waals surface area contributed by atoms with Crippen LogP contribution in [0.15, 0.2) is 23.0 Å². The van der Waals surface area contributed by atoms with Gasteiger partial charge in [0.15, 0.2) is 4.77 Å². The zero-order valence-corrected chi connectivity index (χ0v) is 15.2. The van der Waals surface area contributed by atoms with Crippen molar-refractivity contribution in [2.75, 3.05) is 13.2 Å². The molecule has 2 aromatic rings. The summed E-state index contributed by atoms with van der Waals surface area (Å²) in [6.45, 7) is 5.68. The molecule has 1 saturated heterocycles. The molecule has 0 bridgehead atoms. The quantitative estimate of drug-likeness (QED) is 0.731. The normalized spacial score (nSPS) is 20.8. The van der Waals surface area contributed by atoms with E-state index in [1.807, 2.05) is 0 Å². The van der Waals surface area contributed by atoms with Crippen LogP contribution in [0.25, 0.3) is 10.9 Å². The Balaban J connectivity index is 1.74. The second kappa shape index (κ2) is 7.49. The number of hydrogen-bond acceptors (Lipinski definition) is 4. The number of amides is 1. The van der Waals surface area contributed by atoms with Crippen molar-refractivity contribution in [3.8, 4) is 0 Å². The molecule has 0 saturated carbocycles. The van der Waals surface area contributed by atoms with Gasteiger partial charge in [-0.3, -0.25) is 14.6 Å². The Bertz CT molecular complexity index is 887. The lowest BCUT2D eigenvalue weighted by atomic mass is 9.87. The first kappa shape index (κ1) is 17.8. The summed E-state index contributed by atoms with van der Waals surface area (Å²) in [5.41, 5.74) is 0.800. The summed E-state index contributed by atoms with van der Waals surface area (Å²) in [5, 5.41) is 3.48. The van der Waals surface area contributed by atoms with Crippen molar-refractivity contribution < 1.29 is 9.53 Å². The number of benzene rings is 1. The van der Waals surface area contributed by atoms with E-state index in [1.54, 1.807) is 18.2 Å². The number of carbonyl (C=O) groups excluding carboxylic acids is 1. The lowest BCUT2D eigenvalue weighted by molar-refractivity contribution is -0.0510. The summed E-state index contributed by atoms with van der Waals surface area (Å²) in [6.07, 6.45) is 2.27. The minimum Gasteiger partial charge on any atom is -0.378 e. The molecule has 3 rings (SSSR count). The number of carbonyl (C=O) groups is 1. The third-order valence-electron chi connectivity index (χ3n) is 4.68. The van der Waals surface area contributed by atoms with E-state index in [1.165, 1.54) is 0 Å². The highest BCUT2D eigenvalue weighted by molar-refractivity contribution is 7.71. The van der Waals surface area contributed by atoms with Gasteiger partial charge in [0.25, 0.3) is 11.5 Å². The fourth-order valence-corrected chi connectivity index (χ4v) is 3.66. The molecule has 3 N–H and O–H groups in total. The molecule has 0 aliphatic carbocycles. The fraction of sp³-hybridized carbons (Fsp3) is 0.500. The van der Waals surface area contributed by atoms with Gasteiger partial charge in [-0.05, 0) is 49.2 Å². The smallest absolute Gasteiger partial charge is 0.259 e. The van der Waals surface area contributed by atoms with Crippen LogP contribution in [0.3, 0.4) is 0 Å². The number of hydrogen-bond donors (Lipinski definition) is 3.